The molecule has 2 atom stereocenters. The van der Waals surface area contributed by atoms with E-state index in [-0.39, 0.29) is 0 Å². The van der Waals surface area contributed by atoms with E-state index in [4.69, 9.17) is 4.74 Å². The van der Waals surface area contributed by atoms with Crippen LogP contribution in [0.25, 0.3) is 0 Å². The lowest BCUT2D eigenvalue weighted by atomic mass is 9.51. The lowest BCUT2D eigenvalue weighted by Crippen LogP contribution is -2.67. The van der Waals surface area contributed by atoms with Crippen molar-refractivity contribution in [3.8, 4) is 0 Å². The Labute approximate surface area is 122 Å². The summed E-state index contributed by atoms with van der Waals surface area (Å²) in [5, 5.41) is 13.1. The fraction of sp³-hybridized carbons (Fsp3) is 0.938. The molecule has 4 nitrogen and oxygen atoms in total. The Hall–Kier alpha value is -0.610. The maximum atomic E-state index is 11.5. The van der Waals surface area contributed by atoms with Crippen LogP contribution in [-0.2, 0) is 9.53 Å². The van der Waals surface area contributed by atoms with E-state index >= 15 is 0 Å². The molecule has 0 amide bonds. The van der Waals surface area contributed by atoms with Crippen molar-refractivity contribution in [2.45, 2.75) is 71.4 Å². The van der Waals surface area contributed by atoms with Gasteiger partial charge in [0.2, 0.25) is 0 Å². The summed E-state index contributed by atoms with van der Waals surface area (Å²) >= 11 is 0. The van der Waals surface area contributed by atoms with Crippen molar-refractivity contribution >= 4 is 5.97 Å². The van der Waals surface area contributed by atoms with E-state index in [0.717, 1.165) is 13.0 Å². The molecule has 2 aliphatic rings. The number of aliphatic carboxylic acids is 1. The highest BCUT2D eigenvalue weighted by Gasteiger charge is 2.59. The number of rotatable bonds is 8. The van der Waals surface area contributed by atoms with E-state index in [9.17, 15) is 9.90 Å². The SMILES string of the molecule is CCOC1CC(NCC(CC)(CC)C(=O)O)C12CCC2. The maximum absolute atomic E-state index is 11.5. The molecule has 0 aliphatic heterocycles. The summed E-state index contributed by atoms with van der Waals surface area (Å²) in [7, 11) is 0. The number of hydrogen-bond donors (Lipinski definition) is 2. The standard InChI is InChI=1S/C16H29NO3/c1-4-15(5-2,14(18)19)11-17-12-10-13(20-6-3)16(12)8-7-9-16/h12-13,17H,4-11H2,1-3H3,(H,18,19). The fourth-order valence-electron chi connectivity index (χ4n) is 3.92. The molecule has 2 N–H and O–H groups in total. The van der Waals surface area contributed by atoms with Crippen LogP contribution in [0.3, 0.4) is 0 Å². The molecule has 4 heteroatoms. The van der Waals surface area contributed by atoms with Gasteiger partial charge in [-0.2, -0.15) is 0 Å². The van der Waals surface area contributed by atoms with Crippen LogP contribution in [0.4, 0.5) is 0 Å². The Morgan fingerprint density at radius 1 is 1.35 bits per heavy atom. The number of ether oxygens (including phenoxy) is 1. The maximum Gasteiger partial charge on any atom is 0.310 e. The smallest absolute Gasteiger partial charge is 0.310 e. The Morgan fingerprint density at radius 3 is 2.40 bits per heavy atom. The fourth-order valence-corrected chi connectivity index (χ4v) is 3.92. The molecule has 2 fully saturated rings. The van der Waals surface area contributed by atoms with Crippen molar-refractivity contribution in [2.75, 3.05) is 13.2 Å². The minimum atomic E-state index is -0.668. The zero-order valence-electron chi connectivity index (χ0n) is 13.1. The molecule has 0 aromatic carbocycles. The minimum absolute atomic E-state index is 0.307. The number of carboxylic acids is 1. The number of carbonyl (C=O) groups is 1. The third kappa shape index (κ3) is 2.37. The summed E-state index contributed by atoms with van der Waals surface area (Å²) in [5.41, 5.74) is -0.302. The predicted octanol–water partition coefficient (Wildman–Crippen LogP) is 2.81. The van der Waals surface area contributed by atoms with E-state index < -0.39 is 11.4 Å². The van der Waals surface area contributed by atoms with Crippen molar-refractivity contribution in [1.82, 2.24) is 5.32 Å². The summed E-state index contributed by atoms with van der Waals surface area (Å²) in [6.45, 7) is 7.36. The van der Waals surface area contributed by atoms with E-state index in [1.165, 1.54) is 19.3 Å². The van der Waals surface area contributed by atoms with Crippen LogP contribution in [0.15, 0.2) is 0 Å². The molecule has 1 spiro atoms. The molecule has 0 aromatic rings. The first-order valence-corrected chi connectivity index (χ1v) is 8.13. The lowest BCUT2D eigenvalue weighted by Gasteiger charge is -2.61. The van der Waals surface area contributed by atoms with Crippen LogP contribution in [0.1, 0.15) is 59.3 Å². The Kier molecular flexibility index (Phi) is 4.75. The van der Waals surface area contributed by atoms with Crippen LogP contribution < -0.4 is 5.32 Å². The second kappa shape index (κ2) is 6.02. The number of carboxylic acid groups (broad SMARTS) is 1. The molecule has 2 aliphatic carbocycles. The number of nitrogens with one attached hydrogen (secondary N) is 1. The van der Waals surface area contributed by atoms with E-state index in [2.05, 4.69) is 12.2 Å². The monoisotopic (exact) mass is 283 g/mol. The molecule has 0 radical (unpaired) electrons. The molecule has 0 saturated heterocycles. The summed E-state index contributed by atoms with van der Waals surface area (Å²) in [6, 6.07) is 0.449. The van der Waals surface area contributed by atoms with Gasteiger partial charge in [0.25, 0.3) is 0 Å². The second-order valence-corrected chi connectivity index (χ2v) is 6.49. The average Bonchev–Trinajstić information content (AvgIpc) is 2.35. The molecular formula is C16H29NO3. The van der Waals surface area contributed by atoms with Gasteiger partial charge in [-0.25, -0.2) is 0 Å². The largest absolute Gasteiger partial charge is 0.481 e. The van der Waals surface area contributed by atoms with Crippen LogP contribution in [0, 0.1) is 10.8 Å². The normalized spacial score (nSPS) is 27.9. The van der Waals surface area contributed by atoms with Crippen LogP contribution in [0.5, 0.6) is 0 Å². The van der Waals surface area contributed by atoms with Crippen LogP contribution in [-0.4, -0.2) is 36.4 Å². The molecule has 2 unspecified atom stereocenters. The molecule has 0 aromatic heterocycles. The molecular weight excluding hydrogens is 254 g/mol. The van der Waals surface area contributed by atoms with Crippen LogP contribution >= 0.6 is 0 Å². The molecule has 2 saturated carbocycles. The van der Waals surface area contributed by atoms with Gasteiger partial charge in [-0.3, -0.25) is 4.79 Å². The lowest BCUT2D eigenvalue weighted by molar-refractivity contribution is -0.175. The van der Waals surface area contributed by atoms with Gasteiger partial charge in [0.15, 0.2) is 0 Å². The van der Waals surface area contributed by atoms with Gasteiger partial charge in [-0.1, -0.05) is 20.3 Å². The van der Waals surface area contributed by atoms with E-state index in [1.807, 2.05) is 13.8 Å². The van der Waals surface area contributed by atoms with Crippen molar-refractivity contribution < 1.29 is 14.6 Å². The van der Waals surface area contributed by atoms with Gasteiger partial charge in [-0.05, 0) is 39.0 Å². The van der Waals surface area contributed by atoms with Crippen molar-refractivity contribution in [2.24, 2.45) is 10.8 Å². The molecule has 20 heavy (non-hydrogen) atoms. The summed E-state index contributed by atoms with van der Waals surface area (Å²) in [4.78, 5) is 11.5. The average molecular weight is 283 g/mol. The van der Waals surface area contributed by atoms with Gasteiger partial charge in [0.1, 0.15) is 0 Å². The van der Waals surface area contributed by atoms with Crippen molar-refractivity contribution in [1.29, 1.82) is 0 Å². The first-order chi connectivity index (χ1) is 9.54. The third-order valence-corrected chi connectivity index (χ3v) is 5.93. The summed E-state index contributed by atoms with van der Waals surface area (Å²) in [6.07, 6.45) is 6.54. The highest BCUT2D eigenvalue weighted by Crippen LogP contribution is 2.57. The van der Waals surface area contributed by atoms with Crippen LogP contribution in [0.2, 0.25) is 0 Å². The van der Waals surface area contributed by atoms with E-state index in [1.54, 1.807) is 0 Å². The Balaban J connectivity index is 1.93. The highest BCUT2D eigenvalue weighted by atomic mass is 16.5. The quantitative estimate of drug-likeness (QED) is 0.719. The topological polar surface area (TPSA) is 58.6 Å². The molecule has 0 heterocycles. The van der Waals surface area contributed by atoms with Gasteiger partial charge in [-0.15, -0.1) is 0 Å². The van der Waals surface area contributed by atoms with Crippen molar-refractivity contribution in [3.63, 3.8) is 0 Å². The van der Waals surface area contributed by atoms with Gasteiger partial charge >= 0.3 is 5.97 Å². The molecule has 2 rings (SSSR count). The third-order valence-electron chi connectivity index (χ3n) is 5.93. The Bertz CT molecular complexity index is 348. The first kappa shape index (κ1) is 15.8. The predicted molar refractivity (Wildman–Crippen MR) is 78.8 cm³/mol. The van der Waals surface area contributed by atoms with Gasteiger partial charge in [0.05, 0.1) is 11.5 Å². The minimum Gasteiger partial charge on any atom is -0.481 e. The zero-order chi connectivity index (χ0) is 14.8. The second-order valence-electron chi connectivity index (χ2n) is 6.49. The van der Waals surface area contributed by atoms with E-state index in [0.29, 0.717) is 36.9 Å². The zero-order valence-corrected chi connectivity index (χ0v) is 13.1. The summed E-state index contributed by atoms with van der Waals surface area (Å²) < 4.78 is 5.84. The summed E-state index contributed by atoms with van der Waals surface area (Å²) in [5.74, 6) is -0.668. The molecule has 116 valence electrons. The van der Waals surface area contributed by atoms with Crippen molar-refractivity contribution in [3.05, 3.63) is 0 Å². The molecule has 0 bridgehead atoms. The highest BCUT2D eigenvalue weighted by molar-refractivity contribution is 5.74. The Morgan fingerprint density at radius 2 is 2.00 bits per heavy atom. The number of hydrogen-bond acceptors (Lipinski definition) is 3. The van der Waals surface area contributed by atoms with Gasteiger partial charge < -0.3 is 15.2 Å². The van der Waals surface area contributed by atoms with Gasteiger partial charge in [0, 0.05) is 24.6 Å². The first-order valence-electron chi connectivity index (χ1n) is 8.13.